The summed E-state index contributed by atoms with van der Waals surface area (Å²) in [7, 11) is 0. The summed E-state index contributed by atoms with van der Waals surface area (Å²) in [6.45, 7) is 5.85. The maximum Gasteiger partial charge on any atom is 0.300 e. The molecule has 0 saturated heterocycles. The van der Waals surface area contributed by atoms with Crippen molar-refractivity contribution in [1.29, 1.82) is 0 Å². The Kier molecular flexibility index (Phi) is 4.95. The number of carbonyl (C=O) groups is 1. The van der Waals surface area contributed by atoms with Crippen LogP contribution in [0.4, 0.5) is 0 Å². The van der Waals surface area contributed by atoms with Crippen molar-refractivity contribution >= 4 is 5.97 Å². The van der Waals surface area contributed by atoms with Crippen LogP contribution in [-0.4, -0.2) is 11.1 Å². The standard InChI is InChI=1S/C8H16.C2H4O2/c1-8(2)6-4-3-5-7-8;1-2(3)4/h3-7H2,1-2H3;1H3,(H,3,4). The van der Waals surface area contributed by atoms with Gasteiger partial charge in [0.25, 0.3) is 5.97 Å². The zero-order valence-electron chi connectivity index (χ0n) is 8.39. The van der Waals surface area contributed by atoms with Gasteiger partial charge in [0.15, 0.2) is 0 Å². The molecule has 0 bridgehead atoms. The molecule has 0 aromatic heterocycles. The highest BCUT2D eigenvalue weighted by atomic mass is 16.4. The third kappa shape index (κ3) is 7.58. The SMILES string of the molecule is CC(=O)O.CC1(C)CCCCC1. The van der Waals surface area contributed by atoms with Crippen LogP contribution in [0.5, 0.6) is 0 Å². The average molecular weight is 172 g/mol. The average Bonchev–Trinajstić information content (AvgIpc) is 1.85. The minimum absolute atomic E-state index is 0.679. The van der Waals surface area contributed by atoms with Crippen molar-refractivity contribution in [2.45, 2.75) is 52.9 Å². The van der Waals surface area contributed by atoms with E-state index in [0.29, 0.717) is 5.41 Å². The van der Waals surface area contributed by atoms with Crippen LogP contribution < -0.4 is 0 Å². The molecule has 0 aromatic rings. The van der Waals surface area contributed by atoms with Gasteiger partial charge in [-0.15, -0.1) is 0 Å². The van der Waals surface area contributed by atoms with Crippen LogP contribution in [0.3, 0.4) is 0 Å². The van der Waals surface area contributed by atoms with Gasteiger partial charge in [-0.25, -0.2) is 0 Å². The van der Waals surface area contributed by atoms with E-state index in [0.717, 1.165) is 6.92 Å². The molecular formula is C10H20O2. The van der Waals surface area contributed by atoms with Crippen LogP contribution in [0.2, 0.25) is 0 Å². The Balaban J connectivity index is 0.000000261. The first-order valence-corrected chi connectivity index (χ1v) is 4.63. The highest BCUT2D eigenvalue weighted by Gasteiger charge is 2.19. The zero-order chi connectivity index (χ0) is 9.61. The van der Waals surface area contributed by atoms with Crippen molar-refractivity contribution in [3.05, 3.63) is 0 Å². The molecule has 1 aliphatic rings. The third-order valence-electron chi connectivity index (χ3n) is 2.21. The van der Waals surface area contributed by atoms with Crippen LogP contribution in [0.15, 0.2) is 0 Å². The topological polar surface area (TPSA) is 37.3 Å². The van der Waals surface area contributed by atoms with Gasteiger partial charge in [-0.1, -0.05) is 33.1 Å². The van der Waals surface area contributed by atoms with Crippen LogP contribution >= 0.6 is 0 Å². The summed E-state index contributed by atoms with van der Waals surface area (Å²) >= 11 is 0. The first-order chi connectivity index (χ1) is 5.44. The van der Waals surface area contributed by atoms with Gasteiger partial charge in [0.05, 0.1) is 0 Å². The normalized spacial score (nSPS) is 20.6. The molecule has 1 aliphatic carbocycles. The molecule has 1 fully saturated rings. The van der Waals surface area contributed by atoms with E-state index in [9.17, 15) is 0 Å². The monoisotopic (exact) mass is 172 g/mol. The van der Waals surface area contributed by atoms with Crippen molar-refractivity contribution in [1.82, 2.24) is 0 Å². The van der Waals surface area contributed by atoms with E-state index in [1.807, 2.05) is 0 Å². The van der Waals surface area contributed by atoms with Gasteiger partial charge in [-0.2, -0.15) is 0 Å². The molecule has 12 heavy (non-hydrogen) atoms. The van der Waals surface area contributed by atoms with E-state index in [1.54, 1.807) is 0 Å². The number of hydrogen-bond donors (Lipinski definition) is 1. The van der Waals surface area contributed by atoms with Crippen molar-refractivity contribution in [3.8, 4) is 0 Å². The van der Waals surface area contributed by atoms with Gasteiger partial charge >= 0.3 is 0 Å². The fourth-order valence-electron chi connectivity index (χ4n) is 1.51. The highest BCUT2D eigenvalue weighted by Crippen LogP contribution is 2.34. The van der Waals surface area contributed by atoms with Gasteiger partial charge in [0, 0.05) is 6.92 Å². The van der Waals surface area contributed by atoms with E-state index < -0.39 is 5.97 Å². The van der Waals surface area contributed by atoms with Crippen molar-refractivity contribution in [2.75, 3.05) is 0 Å². The Morgan fingerprint density at radius 2 is 1.50 bits per heavy atom. The van der Waals surface area contributed by atoms with Crippen molar-refractivity contribution in [3.63, 3.8) is 0 Å². The van der Waals surface area contributed by atoms with Gasteiger partial charge in [0.1, 0.15) is 0 Å². The molecule has 0 radical (unpaired) electrons. The van der Waals surface area contributed by atoms with Crippen molar-refractivity contribution < 1.29 is 9.90 Å². The predicted octanol–water partition coefficient (Wildman–Crippen LogP) is 3.07. The van der Waals surface area contributed by atoms with Gasteiger partial charge in [-0.05, 0) is 18.3 Å². The summed E-state index contributed by atoms with van der Waals surface area (Å²) in [6, 6.07) is 0. The van der Waals surface area contributed by atoms with Crippen LogP contribution in [-0.2, 0) is 4.79 Å². The largest absolute Gasteiger partial charge is 0.481 e. The zero-order valence-corrected chi connectivity index (χ0v) is 8.39. The van der Waals surface area contributed by atoms with Crippen molar-refractivity contribution in [2.24, 2.45) is 5.41 Å². The highest BCUT2D eigenvalue weighted by molar-refractivity contribution is 5.62. The minimum atomic E-state index is -0.833. The molecule has 0 spiro atoms. The molecule has 0 aromatic carbocycles. The fraction of sp³-hybridized carbons (Fsp3) is 0.900. The second-order valence-electron chi connectivity index (χ2n) is 4.24. The number of carboxylic acids is 1. The van der Waals surface area contributed by atoms with E-state index in [2.05, 4.69) is 13.8 Å². The molecule has 0 atom stereocenters. The molecular weight excluding hydrogens is 152 g/mol. The molecule has 72 valence electrons. The van der Waals surface area contributed by atoms with Gasteiger partial charge in [0.2, 0.25) is 0 Å². The van der Waals surface area contributed by atoms with E-state index in [-0.39, 0.29) is 0 Å². The lowest BCUT2D eigenvalue weighted by atomic mass is 9.78. The molecule has 1 N–H and O–H groups in total. The summed E-state index contributed by atoms with van der Waals surface area (Å²) in [5, 5.41) is 7.42. The van der Waals surface area contributed by atoms with Gasteiger partial charge < -0.3 is 5.11 Å². The van der Waals surface area contributed by atoms with E-state index >= 15 is 0 Å². The number of carboxylic acid groups (broad SMARTS) is 1. The lowest BCUT2D eigenvalue weighted by Gasteiger charge is -2.28. The summed E-state index contributed by atoms with van der Waals surface area (Å²) in [6.07, 6.45) is 7.31. The second-order valence-corrected chi connectivity index (χ2v) is 4.24. The Hall–Kier alpha value is -0.530. The molecule has 0 heterocycles. The molecule has 2 heteroatoms. The quantitative estimate of drug-likeness (QED) is 0.609. The summed E-state index contributed by atoms with van der Waals surface area (Å²) < 4.78 is 0. The number of rotatable bonds is 0. The summed E-state index contributed by atoms with van der Waals surface area (Å²) in [4.78, 5) is 9.00. The molecule has 2 nitrogen and oxygen atoms in total. The lowest BCUT2D eigenvalue weighted by molar-refractivity contribution is -0.134. The maximum absolute atomic E-state index is 9.00. The third-order valence-corrected chi connectivity index (χ3v) is 2.21. The summed E-state index contributed by atoms with van der Waals surface area (Å²) in [5.74, 6) is -0.833. The molecule has 0 aliphatic heterocycles. The maximum atomic E-state index is 9.00. The number of aliphatic carboxylic acids is 1. The number of hydrogen-bond acceptors (Lipinski definition) is 1. The molecule has 0 amide bonds. The van der Waals surface area contributed by atoms with E-state index in [4.69, 9.17) is 9.90 Å². The van der Waals surface area contributed by atoms with E-state index in [1.165, 1.54) is 32.1 Å². The summed E-state index contributed by atoms with van der Waals surface area (Å²) in [5.41, 5.74) is 0.679. The lowest BCUT2D eigenvalue weighted by Crippen LogP contribution is -2.14. The van der Waals surface area contributed by atoms with Crippen LogP contribution in [0, 0.1) is 5.41 Å². The Labute approximate surface area is 75.0 Å². The first kappa shape index (κ1) is 11.5. The van der Waals surface area contributed by atoms with Crippen LogP contribution in [0.25, 0.3) is 0 Å². The Morgan fingerprint density at radius 3 is 1.67 bits per heavy atom. The predicted molar refractivity (Wildman–Crippen MR) is 50.2 cm³/mol. The van der Waals surface area contributed by atoms with Gasteiger partial charge in [-0.3, -0.25) is 4.79 Å². The molecule has 1 saturated carbocycles. The Bertz CT molecular complexity index is 127. The Morgan fingerprint density at radius 1 is 1.17 bits per heavy atom. The minimum Gasteiger partial charge on any atom is -0.481 e. The van der Waals surface area contributed by atoms with Crippen LogP contribution in [0.1, 0.15) is 52.9 Å². The fourth-order valence-corrected chi connectivity index (χ4v) is 1.51. The first-order valence-electron chi connectivity index (χ1n) is 4.63. The molecule has 1 rings (SSSR count). The molecule has 0 unspecified atom stereocenters. The smallest absolute Gasteiger partial charge is 0.300 e. The second kappa shape index (κ2) is 5.18.